The molecule has 1 unspecified atom stereocenters. The smallest absolute Gasteiger partial charge is 0.475 e. The van der Waals surface area contributed by atoms with Crippen molar-refractivity contribution in [3.8, 4) is 5.88 Å². The Bertz CT molecular complexity index is 620. The monoisotopic (exact) mass is 398 g/mol. The Morgan fingerprint density at radius 2 is 2.00 bits per heavy atom. The summed E-state index contributed by atoms with van der Waals surface area (Å²) in [4.78, 5) is 11.6. The molecular weight excluding hydrogens is 366 g/mol. The first-order valence-electron chi connectivity index (χ1n) is 9.86. The quantitative estimate of drug-likeness (QED) is 0.315. The molecule has 0 saturated carbocycles. The highest BCUT2D eigenvalue weighted by Crippen LogP contribution is 2.30. The highest BCUT2D eigenvalue weighted by Gasteiger charge is 2.31. The summed E-state index contributed by atoms with van der Waals surface area (Å²) in [5.74, 6) is 0.625. The zero-order valence-electron chi connectivity index (χ0n) is 16.7. The Labute approximate surface area is 166 Å². The van der Waals surface area contributed by atoms with Crippen molar-refractivity contribution in [2.75, 3.05) is 40.1 Å². The van der Waals surface area contributed by atoms with Gasteiger partial charge in [0.15, 0.2) is 0 Å². The topological polar surface area (TPSA) is 70.5 Å². The molecule has 0 radical (unpaired) electrons. The maximum Gasteiger partial charge on any atom is 0.512 e. The Morgan fingerprint density at radius 3 is 2.78 bits per heavy atom. The van der Waals surface area contributed by atoms with Crippen molar-refractivity contribution in [1.82, 2.24) is 8.75 Å². The van der Waals surface area contributed by atoms with Crippen molar-refractivity contribution in [3.63, 3.8) is 0 Å². The molecule has 0 fully saturated rings. The first-order valence-corrected chi connectivity index (χ1v) is 10.6. The Morgan fingerprint density at radius 1 is 1.15 bits per heavy atom. The molecule has 152 valence electrons. The number of carbonyl (C=O) groups is 1. The van der Waals surface area contributed by atoms with Gasteiger partial charge in [-0.2, -0.15) is 4.37 Å². The molecule has 1 atom stereocenters. The first-order chi connectivity index (χ1) is 13.1. The van der Waals surface area contributed by atoms with E-state index in [0.717, 1.165) is 43.6 Å². The molecule has 0 bridgehead atoms. The fraction of sp³-hybridized carbons (Fsp3) is 0.737. The van der Waals surface area contributed by atoms with Gasteiger partial charge in [-0.1, -0.05) is 39.2 Å². The highest BCUT2D eigenvalue weighted by atomic mass is 32.1. The van der Waals surface area contributed by atoms with Gasteiger partial charge in [-0.25, -0.2) is 4.79 Å². The molecule has 1 aromatic heterocycles. The van der Waals surface area contributed by atoms with Crippen LogP contribution in [0.5, 0.6) is 5.88 Å². The van der Waals surface area contributed by atoms with E-state index in [-0.39, 0.29) is 6.73 Å². The number of unbranched alkanes of at least 4 members (excludes halogenated alkanes) is 3. The van der Waals surface area contributed by atoms with Crippen LogP contribution in [0.25, 0.3) is 5.57 Å². The minimum Gasteiger partial charge on any atom is -0.475 e. The van der Waals surface area contributed by atoms with Crippen LogP contribution >= 0.6 is 11.7 Å². The van der Waals surface area contributed by atoms with Crippen LogP contribution < -0.4 is 4.74 Å². The molecule has 1 aliphatic heterocycles. The van der Waals surface area contributed by atoms with Gasteiger partial charge in [-0.05, 0) is 12.8 Å². The molecular formula is C19H32N3O4S+. The van der Waals surface area contributed by atoms with E-state index in [2.05, 4.69) is 28.8 Å². The standard InChI is InChI=1S/C19H32N3O4S/c1-4-6-7-8-13-24-18-17(20-27-21-18)16-10-9-11-22(3,14-16)15-26-19(23)25-12-5-2/h10H,4-9,11-15H2,1-3H3/q+1. The van der Waals surface area contributed by atoms with Crippen LogP contribution in [0.2, 0.25) is 0 Å². The second-order valence-corrected chi connectivity index (χ2v) is 7.75. The summed E-state index contributed by atoms with van der Waals surface area (Å²) in [7, 11) is 2.07. The van der Waals surface area contributed by atoms with Gasteiger partial charge >= 0.3 is 6.16 Å². The second kappa shape index (κ2) is 11.2. The molecule has 0 spiro atoms. The molecule has 0 aromatic carbocycles. The van der Waals surface area contributed by atoms with Gasteiger partial charge in [0, 0.05) is 12.0 Å². The normalized spacial score (nSPS) is 19.4. The minimum absolute atomic E-state index is 0.282. The predicted octanol–water partition coefficient (Wildman–Crippen LogP) is 4.25. The second-order valence-electron chi connectivity index (χ2n) is 7.22. The lowest BCUT2D eigenvalue weighted by Crippen LogP contribution is -2.49. The lowest BCUT2D eigenvalue weighted by Gasteiger charge is -2.36. The summed E-state index contributed by atoms with van der Waals surface area (Å²) in [6, 6.07) is 0. The van der Waals surface area contributed by atoms with Crippen LogP contribution in [-0.4, -0.2) is 59.5 Å². The third kappa shape index (κ3) is 7.10. The van der Waals surface area contributed by atoms with E-state index < -0.39 is 6.16 Å². The van der Waals surface area contributed by atoms with E-state index in [0.29, 0.717) is 23.6 Å². The van der Waals surface area contributed by atoms with Gasteiger partial charge in [0.1, 0.15) is 12.2 Å². The van der Waals surface area contributed by atoms with Crippen molar-refractivity contribution >= 4 is 23.5 Å². The predicted molar refractivity (Wildman–Crippen MR) is 106 cm³/mol. The van der Waals surface area contributed by atoms with Crippen molar-refractivity contribution in [3.05, 3.63) is 11.8 Å². The van der Waals surface area contributed by atoms with Crippen LogP contribution in [0, 0.1) is 0 Å². The number of hydrogen-bond acceptors (Lipinski definition) is 7. The molecule has 1 aromatic rings. The van der Waals surface area contributed by atoms with E-state index in [1.165, 1.54) is 31.0 Å². The van der Waals surface area contributed by atoms with Gasteiger partial charge < -0.3 is 14.2 Å². The summed E-state index contributed by atoms with van der Waals surface area (Å²) in [5, 5.41) is 0. The number of carbonyl (C=O) groups excluding carboxylic acids is 1. The van der Waals surface area contributed by atoms with Crippen LogP contribution in [0.3, 0.4) is 0 Å². The summed E-state index contributed by atoms with van der Waals surface area (Å²) >= 11 is 1.18. The highest BCUT2D eigenvalue weighted by molar-refractivity contribution is 6.99. The van der Waals surface area contributed by atoms with Gasteiger partial charge in [0.05, 0.1) is 38.5 Å². The molecule has 27 heavy (non-hydrogen) atoms. The average Bonchev–Trinajstić information content (AvgIpc) is 3.13. The fourth-order valence-electron chi connectivity index (χ4n) is 2.99. The fourth-order valence-corrected chi connectivity index (χ4v) is 3.52. The summed E-state index contributed by atoms with van der Waals surface area (Å²) in [5.41, 5.74) is 1.93. The van der Waals surface area contributed by atoms with E-state index in [1.807, 2.05) is 6.92 Å². The molecule has 0 N–H and O–H groups in total. The lowest BCUT2D eigenvalue weighted by atomic mass is 10.1. The van der Waals surface area contributed by atoms with Crippen molar-refractivity contribution in [2.45, 2.75) is 52.4 Å². The third-order valence-corrected chi connectivity index (χ3v) is 5.04. The average molecular weight is 399 g/mol. The van der Waals surface area contributed by atoms with E-state index in [1.54, 1.807) is 0 Å². The Kier molecular flexibility index (Phi) is 9.00. The number of rotatable bonds is 11. The minimum atomic E-state index is -0.598. The number of ether oxygens (including phenoxy) is 3. The lowest BCUT2D eigenvalue weighted by molar-refractivity contribution is -0.919. The molecule has 1 aliphatic rings. The van der Waals surface area contributed by atoms with Crippen LogP contribution in [0.15, 0.2) is 6.08 Å². The van der Waals surface area contributed by atoms with Crippen molar-refractivity contribution in [1.29, 1.82) is 0 Å². The molecule has 2 heterocycles. The van der Waals surface area contributed by atoms with Crippen molar-refractivity contribution < 1.29 is 23.5 Å². The molecule has 0 aliphatic carbocycles. The maximum atomic E-state index is 11.6. The zero-order chi connectivity index (χ0) is 19.5. The zero-order valence-corrected chi connectivity index (χ0v) is 17.6. The van der Waals surface area contributed by atoms with Crippen LogP contribution in [-0.2, 0) is 9.47 Å². The van der Waals surface area contributed by atoms with Crippen LogP contribution in [0.4, 0.5) is 4.79 Å². The number of aromatic nitrogens is 2. The van der Waals surface area contributed by atoms with Crippen LogP contribution in [0.1, 0.15) is 58.1 Å². The third-order valence-electron chi connectivity index (χ3n) is 4.53. The summed E-state index contributed by atoms with van der Waals surface area (Å²) < 4.78 is 25.5. The SMILES string of the molecule is CCCCCCOc1nsnc1C1=CCC[N+](C)(COC(=O)OCCC)C1. The molecule has 0 amide bonds. The van der Waals surface area contributed by atoms with Gasteiger partial charge in [0.25, 0.3) is 5.88 Å². The number of nitrogens with zero attached hydrogens (tertiary/aromatic N) is 3. The first kappa shape index (κ1) is 21.6. The molecule has 2 rings (SSSR count). The van der Waals surface area contributed by atoms with E-state index in [4.69, 9.17) is 14.2 Å². The van der Waals surface area contributed by atoms with Gasteiger partial charge in [0.2, 0.25) is 6.73 Å². The summed E-state index contributed by atoms with van der Waals surface area (Å²) in [6.07, 6.45) is 7.92. The van der Waals surface area contributed by atoms with Gasteiger partial charge in [-0.3, -0.25) is 4.48 Å². The largest absolute Gasteiger partial charge is 0.512 e. The Hall–Kier alpha value is -1.67. The number of quaternary nitrogens is 1. The molecule has 8 heteroatoms. The summed E-state index contributed by atoms with van der Waals surface area (Å²) in [6.45, 7) is 7.11. The van der Waals surface area contributed by atoms with E-state index >= 15 is 0 Å². The van der Waals surface area contributed by atoms with Gasteiger partial charge in [-0.15, -0.1) is 4.37 Å². The Balaban J connectivity index is 1.89. The number of likely N-dealkylation sites (N-methyl/N-ethyl adjacent to an activating group) is 1. The molecule has 7 nitrogen and oxygen atoms in total. The maximum absolute atomic E-state index is 11.6. The van der Waals surface area contributed by atoms with E-state index in [9.17, 15) is 4.79 Å². The number of hydrogen-bond donors (Lipinski definition) is 0. The van der Waals surface area contributed by atoms with Crippen molar-refractivity contribution in [2.24, 2.45) is 0 Å². The molecule has 0 saturated heterocycles.